The third-order valence-corrected chi connectivity index (χ3v) is 4.22. The molecule has 25 heavy (non-hydrogen) atoms. The van der Waals surface area contributed by atoms with Gasteiger partial charge in [0.1, 0.15) is 0 Å². The Morgan fingerprint density at radius 3 is 2.44 bits per heavy atom. The lowest BCUT2D eigenvalue weighted by Gasteiger charge is -2.15. The van der Waals surface area contributed by atoms with Crippen molar-refractivity contribution in [1.29, 1.82) is 0 Å². The largest absolute Gasteiger partial charge is 0.340 e. The summed E-state index contributed by atoms with van der Waals surface area (Å²) in [5, 5.41) is 4.50. The van der Waals surface area contributed by atoms with Gasteiger partial charge in [-0.15, -0.1) is 0 Å². The van der Waals surface area contributed by atoms with E-state index in [1.807, 2.05) is 68.0 Å². The maximum absolute atomic E-state index is 12.7. The maximum Gasteiger partial charge on any atom is 0.274 e. The highest BCUT2D eigenvalue weighted by Crippen LogP contribution is 2.14. The number of rotatable bonds is 5. The third-order valence-electron chi connectivity index (χ3n) is 4.22. The van der Waals surface area contributed by atoms with Gasteiger partial charge in [0.2, 0.25) is 0 Å². The Balaban J connectivity index is 1.72. The first kappa shape index (κ1) is 16.9. The zero-order chi connectivity index (χ0) is 17.8. The predicted molar refractivity (Wildman–Crippen MR) is 97.9 cm³/mol. The van der Waals surface area contributed by atoms with Crippen molar-refractivity contribution >= 4 is 5.91 Å². The van der Waals surface area contributed by atoms with Gasteiger partial charge in [0.15, 0.2) is 5.69 Å². The average molecular weight is 334 g/mol. The summed E-state index contributed by atoms with van der Waals surface area (Å²) in [5.74, 6) is -0.0667. The maximum atomic E-state index is 12.7. The van der Waals surface area contributed by atoms with Crippen molar-refractivity contribution < 1.29 is 4.79 Å². The Morgan fingerprint density at radius 2 is 1.76 bits per heavy atom. The SMILES string of the molecule is Cc1ccc(-n2nc(C(=O)N(C)CCc3ccncc3)cc2C)cc1. The molecule has 5 nitrogen and oxygen atoms in total. The molecule has 0 fully saturated rings. The minimum atomic E-state index is -0.0667. The number of carbonyl (C=O) groups excluding carboxylic acids is 1. The van der Waals surface area contributed by atoms with Crippen molar-refractivity contribution in [1.82, 2.24) is 19.7 Å². The van der Waals surface area contributed by atoms with E-state index in [9.17, 15) is 4.79 Å². The van der Waals surface area contributed by atoms with Gasteiger partial charge in [-0.25, -0.2) is 4.68 Å². The van der Waals surface area contributed by atoms with Crippen LogP contribution in [0.25, 0.3) is 5.69 Å². The second kappa shape index (κ2) is 7.30. The van der Waals surface area contributed by atoms with Crippen LogP contribution < -0.4 is 0 Å². The molecule has 0 atom stereocenters. The van der Waals surface area contributed by atoms with E-state index in [1.54, 1.807) is 17.3 Å². The molecule has 2 heterocycles. The molecule has 0 radical (unpaired) electrons. The van der Waals surface area contributed by atoms with Gasteiger partial charge in [0.25, 0.3) is 5.91 Å². The summed E-state index contributed by atoms with van der Waals surface area (Å²) in [6, 6.07) is 13.9. The standard InChI is InChI=1S/C20H22N4O/c1-15-4-6-18(7-5-15)24-16(2)14-19(22-24)20(25)23(3)13-10-17-8-11-21-12-9-17/h4-9,11-12,14H,10,13H2,1-3H3. The summed E-state index contributed by atoms with van der Waals surface area (Å²) in [6.07, 6.45) is 4.33. The Morgan fingerprint density at radius 1 is 1.08 bits per heavy atom. The molecular formula is C20H22N4O. The molecule has 0 bridgehead atoms. The summed E-state index contributed by atoms with van der Waals surface area (Å²) in [5.41, 5.74) is 4.73. The highest BCUT2D eigenvalue weighted by atomic mass is 16.2. The van der Waals surface area contributed by atoms with Gasteiger partial charge < -0.3 is 4.90 Å². The van der Waals surface area contributed by atoms with Gasteiger partial charge >= 0.3 is 0 Å². The predicted octanol–water partition coefficient (Wildman–Crippen LogP) is 3.20. The highest BCUT2D eigenvalue weighted by Gasteiger charge is 2.17. The molecule has 0 unspecified atom stereocenters. The van der Waals surface area contributed by atoms with Crippen LogP contribution in [0.4, 0.5) is 0 Å². The lowest BCUT2D eigenvalue weighted by molar-refractivity contribution is 0.0790. The summed E-state index contributed by atoms with van der Waals surface area (Å²) >= 11 is 0. The van der Waals surface area contributed by atoms with E-state index < -0.39 is 0 Å². The van der Waals surface area contributed by atoms with Crippen molar-refractivity contribution in [2.45, 2.75) is 20.3 Å². The van der Waals surface area contributed by atoms with Crippen LogP contribution in [0.2, 0.25) is 0 Å². The topological polar surface area (TPSA) is 51.0 Å². The third kappa shape index (κ3) is 3.94. The highest BCUT2D eigenvalue weighted by molar-refractivity contribution is 5.92. The minimum absolute atomic E-state index is 0.0667. The number of aryl methyl sites for hydroxylation is 2. The Labute approximate surface area is 147 Å². The molecule has 3 aromatic rings. The molecule has 5 heteroatoms. The first-order valence-corrected chi connectivity index (χ1v) is 8.32. The number of nitrogens with zero attached hydrogens (tertiary/aromatic N) is 4. The monoisotopic (exact) mass is 334 g/mol. The van der Waals surface area contributed by atoms with Gasteiger partial charge in [0.05, 0.1) is 5.69 Å². The Kier molecular flexibility index (Phi) is 4.93. The van der Waals surface area contributed by atoms with Crippen molar-refractivity contribution in [3.8, 4) is 5.69 Å². The second-order valence-electron chi connectivity index (χ2n) is 6.25. The van der Waals surface area contributed by atoms with Crippen LogP contribution in [0.1, 0.15) is 27.3 Å². The van der Waals surface area contributed by atoms with E-state index in [0.717, 1.165) is 23.4 Å². The van der Waals surface area contributed by atoms with Gasteiger partial charge in [-0.05, 0) is 56.2 Å². The lowest BCUT2D eigenvalue weighted by Crippen LogP contribution is -2.29. The minimum Gasteiger partial charge on any atom is -0.340 e. The molecule has 2 aromatic heterocycles. The second-order valence-corrected chi connectivity index (χ2v) is 6.25. The van der Waals surface area contributed by atoms with Crippen molar-refractivity contribution in [2.75, 3.05) is 13.6 Å². The van der Waals surface area contributed by atoms with Gasteiger partial charge in [-0.2, -0.15) is 5.10 Å². The summed E-state index contributed by atoms with van der Waals surface area (Å²) < 4.78 is 1.81. The summed E-state index contributed by atoms with van der Waals surface area (Å²) in [4.78, 5) is 18.4. The number of aromatic nitrogens is 3. The quantitative estimate of drug-likeness (QED) is 0.720. The van der Waals surface area contributed by atoms with Crippen molar-refractivity contribution in [2.24, 2.45) is 0 Å². The molecule has 128 valence electrons. The van der Waals surface area contributed by atoms with Crippen LogP contribution in [0, 0.1) is 13.8 Å². The molecule has 0 N–H and O–H groups in total. The van der Waals surface area contributed by atoms with E-state index in [4.69, 9.17) is 0 Å². The van der Waals surface area contributed by atoms with E-state index in [0.29, 0.717) is 12.2 Å². The van der Waals surface area contributed by atoms with Crippen LogP contribution in [0.5, 0.6) is 0 Å². The normalized spacial score (nSPS) is 10.7. The molecule has 0 aliphatic heterocycles. The molecule has 0 saturated carbocycles. The van der Waals surface area contributed by atoms with Crippen LogP contribution in [0.3, 0.4) is 0 Å². The number of benzene rings is 1. The Hall–Kier alpha value is -2.95. The van der Waals surface area contributed by atoms with Gasteiger partial charge in [-0.1, -0.05) is 17.7 Å². The molecule has 3 rings (SSSR count). The lowest BCUT2D eigenvalue weighted by atomic mass is 10.2. The van der Waals surface area contributed by atoms with E-state index >= 15 is 0 Å². The first-order chi connectivity index (χ1) is 12.0. The van der Waals surface area contributed by atoms with E-state index in [1.165, 1.54) is 5.56 Å². The number of amides is 1. The molecular weight excluding hydrogens is 312 g/mol. The fraction of sp³-hybridized carbons (Fsp3) is 0.250. The van der Waals surface area contributed by atoms with Crippen molar-refractivity contribution in [3.05, 3.63) is 77.4 Å². The smallest absolute Gasteiger partial charge is 0.274 e. The van der Waals surface area contributed by atoms with Crippen LogP contribution in [-0.2, 0) is 6.42 Å². The van der Waals surface area contributed by atoms with Crippen LogP contribution >= 0.6 is 0 Å². The fourth-order valence-corrected chi connectivity index (χ4v) is 2.67. The number of pyridine rings is 1. The number of likely N-dealkylation sites (N-methyl/N-ethyl adjacent to an activating group) is 1. The zero-order valence-corrected chi connectivity index (χ0v) is 14.8. The first-order valence-electron chi connectivity index (χ1n) is 8.32. The fourth-order valence-electron chi connectivity index (χ4n) is 2.67. The number of carbonyl (C=O) groups is 1. The van der Waals surface area contributed by atoms with Crippen molar-refractivity contribution in [3.63, 3.8) is 0 Å². The zero-order valence-electron chi connectivity index (χ0n) is 14.8. The molecule has 0 aliphatic carbocycles. The van der Waals surface area contributed by atoms with Crippen LogP contribution in [-0.4, -0.2) is 39.2 Å². The molecule has 0 aliphatic rings. The Bertz CT molecular complexity index is 853. The molecule has 1 aromatic carbocycles. The number of hydrogen-bond acceptors (Lipinski definition) is 3. The summed E-state index contributed by atoms with van der Waals surface area (Å²) in [7, 11) is 1.81. The number of hydrogen-bond donors (Lipinski definition) is 0. The molecule has 1 amide bonds. The molecule has 0 spiro atoms. The van der Waals surface area contributed by atoms with Gasteiger partial charge in [-0.3, -0.25) is 9.78 Å². The average Bonchev–Trinajstić information content (AvgIpc) is 3.02. The van der Waals surface area contributed by atoms with Gasteiger partial charge in [0, 0.05) is 31.7 Å². The van der Waals surface area contributed by atoms with E-state index in [-0.39, 0.29) is 5.91 Å². The summed E-state index contributed by atoms with van der Waals surface area (Å²) in [6.45, 7) is 4.65. The molecule has 0 saturated heterocycles. The van der Waals surface area contributed by atoms with Crippen LogP contribution in [0.15, 0.2) is 54.9 Å². The van der Waals surface area contributed by atoms with E-state index in [2.05, 4.69) is 10.1 Å².